The van der Waals surface area contributed by atoms with Crippen LogP contribution in [0.4, 0.5) is 4.39 Å². The van der Waals surface area contributed by atoms with Crippen LogP contribution in [0.3, 0.4) is 0 Å². The van der Waals surface area contributed by atoms with E-state index in [0.717, 1.165) is 33.4 Å². The van der Waals surface area contributed by atoms with Gasteiger partial charge in [-0.15, -0.1) is 0 Å². The summed E-state index contributed by atoms with van der Waals surface area (Å²) >= 11 is 0. The van der Waals surface area contributed by atoms with Crippen molar-refractivity contribution < 1.29 is 36.9 Å². The standard InChI is InChI=1S/C31H32FNO7S/c1-17-11-22(39-21-9-10-41(36,37)33-15-21)12-18(2)30(17)24-5-7-26(32)31-25(24)6-8-27(31)40-20-3-4-23-19(13-29(34)35)16-38-28(23)14-20/h3-5,7,11-12,14,19,21,27,33H,6,8-10,13,15-16H2,1-2H3,(H,34,35)/t19-,21?,27-/m1/s1. The van der Waals surface area contributed by atoms with Crippen molar-refractivity contribution in [3.8, 4) is 28.4 Å². The fourth-order valence-electron chi connectivity index (χ4n) is 6.29. The number of hydrogen-bond acceptors (Lipinski definition) is 6. The minimum Gasteiger partial charge on any atom is -0.492 e. The lowest BCUT2D eigenvalue weighted by atomic mass is 9.90. The van der Waals surface area contributed by atoms with E-state index in [-0.39, 0.29) is 36.6 Å². The number of carbonyl (C=O) groups is 1. The molecule has 1 unspecified atom stereocenters. The first-order valence-electron chi connectivity index (χ1n) is 13.8. The number of carboxylic acid groups (broad SMARTS) is 1. The lowest BCUT2D eigenvalue weighted by Gasteiger charge is -2.25. The van der Waals surface area contributed by atoms with E-state index < -0.39 is 22.1 Å². The number of aryl methyl sites for hydroxylation is 2. The Bertz CT molecular complexity index is 1600. The van der Waals surface area contributed by atoms with Gasteiger partial charge in [0.05, 0.1) is 18.8 Å². The van der Waals surface area contributed by atoms with Crippen molar-refractivity contribution in [1.82, 2.24) is 4.72 Å². The first-order chi connectivity index (χ1) is 19.6. The summed E-state index contributed by atoms with van der Waals surface area (Å²) in [6, 6.07) is 12.6. The molecule has 3 aromatic rings. The Morgan fingerprint density at radius 2 is 1.85 bits per heavy atom. The van der Waals surface area contributed by atoms with Gasteiger partial charge in [-0.3, -0.25) is 4.79 Å². The van der Waals surface area contributed by atoms with E-state index in [1.165, 1.54) is 6.07 Å². The molecular formula is C31H32FNO7S. The maximum Gasteiger partial charge on any atom is 0.304 e. The van der Waals surface area contributed by atoms with E-state index in [2.05, 4.69) is 4.72 Å². The van der Waals surface area contributed by atoms with Gasteiger partial charge in [-0.2, -0.15) is 0 Å². The molecule has 3 aromatic carbocycles. The van der Waals surface area contributed by atoms with Gasteiger partial charge in [0.25, 0.3) is 0 Å². The molecule has 0 amide bonds. The highest BCUT2D eigenvalue weighted by atomic mass is 32.2. The highest BCUT2D eigenvalue weighted by Gasteiger charge is 2.32. The van der Waals surface area contributed by atoms with Crippen molar-refractivity contribution in [2.24, 2.45) is 0 Å². The van der Waals surface area contributed by atoms with Gasteiger partial charge in [-0.25, -0.2) is 17.5 Å². The molecule has 0 saturated carbocycles. The lowest BCUT2D eigenvalue weighted by molar-refractivity contribution is -0.137. The molecule has 1 aliphatic carbocycles. The van der Waals surface area contributed by atoms with Crippen LogP contribution in [0.1, 0.15) is 59.1 Å². The van der Waals surface area contributed by atoms with Gasteiger partial charge in [0.1, 0.15) is 35.3 Å². The Balaban J connectivity index is 1.24. The van der Waals surface area contributed by atoms with Crippen LogP contribution in [0.25, 0.3) is 11.1 Å². The Kier molecular flexibility index (Phi) is 7.15. The number of aliphatic carboxylic acids is 1. The quantitative estimate of drug-likeness (QED) is 0.395. The van der Waals surface area contributed by atoms with Crippen LogP contribution >= 0.6 is 0 Å². The fourth-order valence-corrected chi connectivity index (χ4v) is 7.45. The molecule has 3 aliphatic rings. The molecule has 0 spiro atoms. The van der Waals surface area contributed by atoms with Crippen molar-refractivity contribution in [3.05, 3.63) is 76.1 Å². The zero-order chi connectivity index (χ0) is 28.9. The highest BCUT2D eigenvalue weighted by Crippen LogP contribution is 2.45. The topological polar surface area (TPSA) is 111 Å². The molecule has 6 rings (SSSR count). The molecule has 3 atom stereocenters. The predicted octanol–water partition coefficient (Wildman–Crippen LogP) is 5.20. The summed E-state index contributed by atoms with van der Waals surface area (Å²) in [5.74, 6) is 0.526. The van der Waals surface area contributed by atoms with Crippen molar-refractivity contribution in [2.75, 3.05) is 18.9 Å². The van der Waals surface area contributed by atoms with E-state index >= 15 is 4.39 Å². The van der Waals surface area contributed by atoms with Gasteiger partial charge in [0.2, 0.25) is 10.0 Å². The number of sulfonamides is 1. The number of nitrogens with one attached hydrogen (secondary N) is 1. The van der Waals surface area contributed by atoms with Gasteiger partial charge in [0.15, 0.2) is 0 Å². The second-order valence-corrected chi connectivity index (χ2v) is 13.0. The summed E-state index contributed by atoms with van der Waals surface area (Å²) in [6.07, 6.45) is 1.03. The molecule has 10 heteroatoms. The van der Waals surface area contributed by atoms with E-state index in [1.807, 2.05) is 38.1 Å². The SMILES string of the molecule is Cc1cc(OC2CCS(=O)(=O)NC2)cc(C)c1-c1ccc(F)c2c1CC[C@H]2Oc1ccc2c(c1)OC[C@H]2CC(=O)O. The molecule has 0 aromatic heterocycles. The van der Waals surface area contributed by atoms with Gasteiger partial charge in [0, 0.05) is 36.1 Å². The molecule has 216 valence electrons. The smallest absolute Gasteiger partial charge is 0.304 e. The number of rotatable bonds is 7. The molecule has 8 nitrogen and oxygen atoms in total. The Labute approximate surface area is 238 Å². The van der Waals surface area contributed by atoms with Crippen LogP contribution in [0, 0.1) is 19.7 Å². The van der Waals surface area contributed by atoms with E-state index in [4.69, 9.17) is 19.3 Å². The third kappa shape index (κ3) is 5.50. The second kappa shape index (κ2) is 10.6. The average molecular weight is 582 g/mol. The molecular weight excluding hydrogens is 549 g/mol. The first kappa shape index (κ1) is 27.5. The van der Waals surface area contributed by atoms with E-state index in [1.54, 1.807) is 12.1 Å². The Morgan fingerprint density at radius 1 is 1.07 bits per heavy atom. The van der Waals surface area contributed by atoms with Crippen molar-refractivity contribution in [1.29, 1.82) is 0 Å². The highest BCUT2D eigenvalue weighted by molar-refractivity contribution is 7.89. The van der Waals surface area contributed by atoms with Crippen LogP contribution in [-0.4, -0.2) is 44.5 Å². The van der Waals surface area contributed by atoms with Crippen LogP contribution in [0.5, 0.6) is 17.2 Å². The average Bonchev–Trinajstić information content (AvgIpc) is 3.51. The molecule has 1 saturated heterocycles. The molecule has 2 heterocycles. The molecule has 2 aliphatic heterocycles. The summed E-state index contributed by atoms with van der Waals surface area (Å²) < 4.78 is 59.3. The Hall–Kier alpha value is -3.63. The van der Waals surface area contributed by atoms with Crippen LogP contribution in [0.2, 0.25) is 0 Å². The second-order valence-electron chi connectivity index (χ2n) is 11.1. The number of fused-ring (bicyclic) bond motifs is 2. The molecule has 0 bridgehead atoms. The lowest BCUT2D eigenvalue weighted by Crippen LogP contribution is -2.43. The molecule has 0 radical (unpaired) electrons. The minimum atomic E-state index is -3.21. The predicted molar refractivity (Wildman–Crippen MR) is 151 cm³/mol. The van der Waals surface area contributed by atoms with Crippen LogP contribution in [0.15, 0.2) is 42.5 Å². The van der Waals surface area contributed by atoms with E-state index in [9.17, 15) is 13.2 Å². The summed E-state index contributed by atoms with van der Waals surface area (Å²) in [7, 11) is -3.21. The number of hydrogen-bond donors (Lipinski definition) is 2. The summed E-state index contributed by atoms with van der Waals surface area (Å²) in [6.45, 7) is 4.56. The number of ether oxygens (including phenoxy) is 3. The van der Waals surface area contributed by atoms with Gasteiger partial charge in [-0.1, -0.05) is 12.1 Å². The zero-order valence-corrected chi connectivity index (χ0v) is 23.7. The Morgan fingerprint density at radius 3 is 2.56 bits per heavy atom. The van der Waals surface area contributed by atoms with Crippen LogP contribution in [-0.2, 0) is 21.2 Å². The van der Waals surface area contributed by atoms with E-state index in [0.29, 0.717) is 48.7 Å². The maximum absolute atomic E-state index is 15.3. The van der Waals surface area contributed by atoms with Crippen molar-refractivity contribution in [2.45, 2.75) is 57.7 Å². The number of halogens is 1. The van der Waals surface area contributed by atoms with Crippen molar-refractivity contribution in [3.63, 3.8) is 0 Å². The molecule has 1 fully saturated rings. The summed E-state index contributed by atoms with van der Waals surface area (Å²) in [5.41, 5.74) is 6.30. The van der Waals surface area contributed by atoms with Gasteiger partial charge < -0.3 is 19.3 Å². The maximum atomic E-state index is 15.3. The molecule has 2 N–H and O–H groups in total. The largest absolute Gasteiger partial charge is 0.492 e. The molecule has 41 heavy (non-hydrogen) atoms. The van der Waals surface area contributed by atoms with Crippen LogP contribution < -0.4 is 18.9 Å². The first-order valence-corrected chi connectivity index (χ1v) is 15.5. The number of carboxylic acids is 1. The minimum absolute atomic E-state index is 0.00520. The summed E-state index contributed by atoms with van der Waals surface area (Å²) in [5, 5.41) is 9.16. The third-order valence-electron chi connectivity index (χ3n) is 8.16. The normalized spacial score (nSPS) is 22.5. The van der Waals surface area contributed by atoms with Gasteiger partial charge >= 0.3 is 5.97 Å². The van der Waals surface area contributed by atoms with Crippen molar-refractivity contribution >= 4 is 16.0 Å². The fraction of sp³-hybridized carbons (Fsp3) is 0.387. The van der Waals surface area contributed by atoms with Gasteiger partial charge in [-0.05, 0) is 78.8 Å². The summed E-state index contributed by atoms with van der Waals surface area (Å²) in [4.78, 5) is 11.2. The number of benzene rings is 3. The zero-order valence-electron chi connectivity index (χ0n) is 22.9. The monoisotopic (exact) mass is 581 g/mol. The third-order valence-corrected chi connectivity index (χ3v) is 9.54.